The maximum absolute atomic E-state index is 4.96. The first-order valence-electron chi connectivity index (χ1n) is 10.4. The number of nitrogens with zero attached hydrogens (tertiary/aromatic N) is 4. The molecule has 4 rings (SSSR count). The van der Waals surface area contributed by atoms with Crippen LogP contribution in [0.1, 0.15) is 46.0 Å². The highest BCUT2D eigenvalue weighted by atomic mass is 15.4. The first-order valence-corrected chi connectivity index (χ1v) is 10.4. The highest BCUT2D eigenvalue weighted by Gasteiger charge is 2.32. The third kappa shape index (κ3) is 3.65. The Morgan fingerprint density at radius 1 is 1.37 bits per heavy atom. The number of fused-ring (bicyclic) bond motifs is 1. The molecular weight excluding hydrogens is 334 g/mol. The van der Waals surface area contributed by atoms with E-state index in [0.29, 0.717) is 6.04 Å². The van der Waals surface area contributed by atoms with E-state index in [2.05, 4.69) is 59.0 Å². The summed E-state index contributed by atoms with van der Waals surface area (Å²) in [5.41, 5.74) is 8.48. The molecule has 144 valence electrons. The van der Waals surface area contributed by atoms with Crippen LogP contribution < -0.4 is 5.43 Å². The molecule has 27 heavy (non-hydrogen) atoms. The number of likely N-dealkylation sites (tertiary alicyclic amines) is 1. The smallest absolute Gasteiger partial charge is 0.165 e. The van der Waals surface area contributed by atoms with E-state index in [4.69, 9.17) is 4.99 Å². The number of likely N-dealkylation sites (N-methyl/N-ethyl adjacent to an activating group) is 1. The van der Waals surface area contributed by atoms with Crippen LogP contribution >= 0.6 is 0 Å². The van der Waals surface area contributed by atoms with Crippen LogP contribution in [0.3, 0.4) is 0 Å². The average molecular weight is 366 g/mol. The van der Waals surface area contributed by atoms with Gasteiger partial charge in [0.25, 0.3) is 0 Å². The lowest BCUT2D eigenvalue weighted by Gasteiger charge is -2.32. The van der Waals surface area contributed by atoms with Crippen molar-refractivity contribution in [2.45, 2.75) is 52.0 Å². The summed E-state index contributed by atoms with van der Waals surface area (Å²) in [6.07, 6.45) is 12.6. The minimum absolute atomic E-state index is 0.338. The van der Waals surface area contributed by atoms with Crippen molar-refractivity contribution in [1.29, 1.82) is 0 Å². The maximum atomic E-state index is 4.96. The van der Waals surface area contributed by atoms with Crippen molar-refractivity contribution in [2.75, 3.05) is 26.2 Å². The highest BCUT2D eigenvalue weighted by molar-refractivity contribution is 6.09. The molecule has 0 aromatic rings. The van der Waals surface area contributed by atoms with Gasteiger partial charge in [-0.25, -0.2) is 0 Å². The van der Waals surface area contributed by atoms with Gasteiger partial charge in [-0.05, 0) is 68.0 Å². The molecule has 3 aliphatic heterocycles. The van der Waals surface area contributed by atoms with E-state index in [9.17, 15) is 0 Å². The van der Waals surface area contributed by atoms with Crippen LogP contribution in [0, 0.1) is 0 Å². The van der Waals surface area contributed by atoms with Gasteiger partial charge < -0.3 is 9.80 Å². The van der Waals surface area contributed by atoms with Gasteiger partial charge in [-0.2, -0.15) is 5.10 Å². The first kappa shape index (κ1) is 18.2. The normalized spacial score (nSPS) is 27.6. The Kier molecular flexibility index (Phi) is 5.30. The van der Waals surface area contributed by atoms with Gasteiger partial charge in [0.15, 0.2) is 11.7 Å². The van der Waals surface area contributed by atoms with Gasteiger partial charge in [-0.3, -0.25) is 10.4 Å². The molecule has 1 saturated heterocycles. The predicted molar refractivity (Wildman–Crippen MR) is 113 cm³/mol. The number of hydrogen-bond donors (Lipinski definition) is 1. The minimum atomic E-state index is 0.338. The molecule has 1 fully saturated rings. The van der Waals surface area contributed by atoms with Crippen LogP contribution in [0.5, 0.6) is 0 Å². The molecule has 1 N–H and O–H groups in total. The number of nitrogens with one attached hydrogen (secondary N) is 1. The van der Waals surface area contributed by atoms with Gasteiger partial charge in [0.1, 0.15) is 0 Å². The summed E-state index contributed by atoms with van der Waals surface area (Å²) < 4.78 is 0. The summed E-state index contributed by atoms with van der Waals surface area (Å²) in [6.45, 7) is 12.9. The van der Waals surface area contributed by atoms with Gasteiger partial charge >= 0.3 is 0 Å². The van der Waals surface area contributed by atoms with Gasteiger partial charge in [0, 0.05) is 6.54 Å². The van der Waals surface area contributed by atoms with Crippen molar-refractivity contribution in [3.05, 3.63) is 47.2 Å². The molecule has 0 aromatic heterocycles. The van der Waals surface area contributed by atoms with Gasteiger partial charge in [-0.1, -0.05) is 32.6 Å². The standard InChI is InChI=1S/C22H31N5/c1-4-6-8-17-10-11-20(17)18-13-21-24-25-22(16(3)27(21)14-18)23-19-9-7-12-26(5-2)15-19/h6,8,13,19H,3-5,7,9-12,14-15H2,1-2H3,(H,23,25)/b8-6+. The second kappa shape index (κ2) is 7.85. The molecule has 0 radical (unpaired) electrons. The van der Waals surface area contributed by atoms with E-state index in [0.717, 1.165) is 49.8 Å². The zero-order chi connectivity index (χ0) is 18.8. The van der Waals surface area contributed by atoms with Crippen molar-refractivity contribution in [1.82, 2.24) is 15.2 Å². The van der Waals surface area contributed by atoms with Crippen molar-refractivity contribution in [3.63, 3.8) is 0 Å². The van der Waals surface area contributed by atoms with E-state index in [1.54, 1.807) is 0 Å². The second-order valence-electron chi connectivity index (χ2n) is 7.77. The van der Waals surface area contributed by atoms with Crippen LogP contribution in [0.15, 0.2) is 57.3 Å². The van der Waals surface area contributed by atoms with Crippen molar-refractivity contribution < 1.29 is 0 Å². The molecule has 4 aliphatic rings. The minimum Gasteiger partial charge on any atom is -0.318 e. The molecule has 0 bridgehead atoms. The lowest BCUT2D eigenvalue weighted by molar-refractivity contribution is 0.220. The lowest BCUT2D eigenvalue weighted by atomic mass is 9.83. The topological polar surface area (TPSA) is 43.2 Å². The molecule has 5 heteroatoms. The van der Waals surface area contributed by atoms with Gasteiger partial charge in [0.05, 0.1) is 18.3 Å². The number of allylic oxidation sites excluding steroid dienone is 3. The van der Waals surface area contributed by atoms with Crippen molar-refractivity contribution in [3.8, 4) is 0 Å². The number of hydrazone groups is 1. The van der Waals surface area contributed by atoms with Crippen molar-refractivity contribution in [2.24, 2.45) is 10.1 Å². The number of piperidine rings is 1. The fraction of sp³-hybridized carbons (Fsp3) is 0.545. The average Bonchev–Trinajstić information content (AvgIpc) is 3.08. The summed E-state index contributed by atoms with van der Waals surface area (Å²) in [4.78, 5) is 9.64. The quantitative estimate of drug-likeness (QED) is 0.809. The summed E-state index contributed by atoms with van der Waals surface area (Å²) in [5, 5.41) is 4.58. The Balaban J connectivity index is 1.47. The Morgan fingerprint density at radius 2 is 2.26 bits per heavy atom. The first-order chi connectivity index (χ1) is 13.2. The molecule has 0 saturated carbocycles. The van der Waals surface area contributed by atoms with E-state index in [-0.39, 0.29) is 0 Å². The molecule has 0 spiro atoms. The molecule has 1 atom stereocenters. The molecule has 3 heterocycles. The summed E-state index contributed by atoms with van der Waals surface area (Å²) >= 11 is 0. The van der Waals surface area contributed by atoms with Crippen molar-refractivity contribution >= 4 is 11.7 Å². The molecule has 5 nitrogen and oxygen atoms in total. The number of amidine groups is 2. The fourth-order valence-electron chi connectivity index (χ4n) is 4.26. The third-order valence-corrected chi connectivity index (χ3v) is 6.00. The van der Waals surface area contributed by atoms with E-state index < -0.39 is 0 Å². The SMILES string of the molecule is C=C1C(=NC2CCCN(CC)C2)NN=C2C=C(C3=C(/C=C/CC)CC3)CN12. The summed E-state index contributed by atoms with van der Waals surface area (Å²) in [6, 6.07) is 0.338. The van der Waals surface area contributed by atoms with E-state index in [1.165, 1.54) is 42.5 Å². The molecule has 1 aliphatic carbocycles. The second-order valence-corrected chi connectivity index (χ2v) is 7.77. The molecule has 1 unspecified atom stereocenters. The third-order valence-electron chi connectivity index (χ3n) is 6.00. The van der Waals surface area contributed by atoms with Gasteiger partial charge in [-0.15, -0.1) is 0 Å². The number of hydrogen-bond acceptors (Lipinski definition) is 4. The highest BCUT2D eigenvalue weighted by Crippen LogP contribution is 2.37. The molecule has 0 aromatic carbocycles. The Labute approximate surface area is 162 Å². The lowest BCUT2D eigenvalue weighted by Crippen LogP contribution is -2.43. The van der Waals surface area contributed by atoms with Crippen LogP contribution in [0.4, 0.5) is 0 Å². The Hall–Kier alpha value is -2.14. The summed E-state index contributed by atoms with van der Waals surface area (Å²) in [7, 11) is 0. The Bertz CT molecular complexity index is 768. The molecule has 0 amide bonds. The number of rotatable bonds is 5. The summed E-state index contributed by atoms with van der Waals surface area (Å²) in [5.74, 6) is 1.80. The van der Waals surface area contributed by atoms with Crippen LogP contribution in [-0.4, -0.2) is 53.7 Å². The zero-order valence-electron chi connectivity index (χ0n) is 16.7. The van der Waals surface area contributed by atoms with E-state index >= 15 is 0 Å². The predicted octanol–water partition coefficient (Wildman–Crippen LogP) is 3.60. The monoisotopic (exact) mass is 365 g/mol. The maximum Gasteiger partial charge on any atom is 0.165 e. The van der Waals surface area contributed by atoms with E-state index in [1.807, 2.05) is 0 Å². The van der Waals surface area contributed by atoms with Crippen LogP contribution in [-0.2, 0) is 0 Å². The van der Waals surface area contributed by atoms with Gasteiger partial charge in [0.2, 0.25) is 0 Å². The Morgan fingerprint density at radius 3 is 3.00 bits per heavy atom. The van der Waals surface area contributed by atoms with Crippen LogP contribution in [0.2, 0.25) is 0 Å². The fourth-order valence-corrected chi connectivity index (χ4v) is 4.26. The zero-order valence-corrected chi connectivity index (χ0v) is 16.7. The van der Waals surface area contributed by atoms with Crippen LogP contribution in [0.25, 0.3) is 0 Å². The molecular formula is C22H31N5. The largest absolute Gasteiger partial charge is 0.318 e. The number of aliphatic imine (C=N–C) groups is 1.